The molecular formula is C24H32BrNO2. The summed E-state index contributed by atoms with van der Waals surface area (Å²) < 4.78 is 6.57. The molecule has 1 aromatic rings. The van der Waals surface area contributed by atoms with Crippen LogP contribution in [0.1, 0.15) is 52.5 Å². The lowest BCUT2D eigenvalue weighted by molar-refractivity contribution is -0.150. The molecule has 3 nitrogen and oxygen atoms in total. The number of hydrogen-bond acceptors (Lipinski definition) is 3. The molecule has 28 heavy (non-hydrogen) atoms. The van der Waals surface area contributed by atoms with E-state index in [1.54, 1.807) is 0 Å². The summed E-state index contributed by atoms with van der Waals surface area (Å²) >= 11 is 3.61. The van der Waals surface area contributed by atoms with E-state index in [1.807, 2.05) is 33.8 Å². The first kappa shape index (κ1) is 22.5. The molecular weight excluding hydrogens is 414 g/mol. The minimum absolute atomic E-state index is 0.180. The minimum atomic E-state index is -0.450. The highest BCUT2D eigenvalue weighted by atomic mass is 79.9. The van der Waals surface area contributed by atoms with E-state index in [9.17, 15) is 4.79 Å². The molecule has 152 valence electrons. The van der Waals surface area contributed by atoms with Gasteiger partial charge in [-0.05, 0) is 81.9 Å². The Labute approximate surface area is 177 Å². The Hall–Kier alpha value is -1.81. The van der Waals surface area contributed by atoms with Gasteiger partial charge in [-0.1, -0.05) is 41.2 Å². The van der Waals surface area contributed by atoms with E-state index >= 15 is 0 Å². The summed E-state index contributed by atoms with van der Waals surface area (Å²) in [6.07, 6.45) is 6.79. The predicted molar refractivity (Wildman–Crippen MR) is 121 cm³/mol. The topological polar surface area (TPSA) is 29.5 Å². The van der Waals surface area contributed by atoms with E-state index in [-0.39, 0.29) is 5.97 Å². The number of aryl methyl sites for hydroxylation is 1. The van der Waals surface area contributed by atoms with Gasteiger partial charge in [0.2, 0.25) is 0 Å². The maximum Gasteiger partial charge on any atom is 0.334 e. The van der Waals surface area contributed by atoms with Crippen molar-refractivity contribution in [2.75, 3.05) is 6.54 Å². The van der Waals surface area contributed by atoms with Crippen LogP contribution in [0.15, 0.2) is 40.5 Å². The van der Waals surface area contributed by atoms with Crippen LogP contribution in [0.5, 0.6) is 0 Å². The van der Waals surface area contributed by atoms with Gasteiger partial charge in [-0.25, -0.2) is 4.79 Å². The van der Waals surface area contributed by atoms with Crippen LogP contribution in [0.2, 0.25) is 0 Å². The highest BCUT2D eigenvalue weighted by Gasteiger charge is 2.24. The number of rotatable bonds is 5. The fourth-order valence-corrected chi connectivity index (χ4v) is 3.59. The Morgan fingerprint density at radius 1 is 1.39 bits per heavy atom. The molecule has 0 amide bonds. The van der Waals surface area contributed by atoms with Gasteiger partial charge in [-0.2, -0.15) is 0 Å². The van der Waals surface area contributed by atoms with E-state index < -0.39 is 5.60 Å². The number of ether oxygens (including phenoxy) is 1. The third-order valence-electron chi connectivity index (χ3n) is 4.84. The van der Waals surface area contributed by atoms with E-state index in [4.69, 9.17) is 4.74 Å². The van der Waals surface area contributed by atoms with E-state index in [2.05, 4.69) is 59.2 Å². The summed E-state index contributed by atoms with van der Waals surface area (Å²) in [5, 5.41) is 2.09. The first-order valence-electron chi connectivity index (χ1n) is 9.78. The third kappa shape index (κ3) is 6.37. The molecule has 1 unspecified atom stereocenters. The van der Waals surface area contributed by atoms with Gasteiger partial charge in [0.1, 0.15) is 5.60 Å². The van der Waals surface area contributed by atoms with Gasteiger partial charge >= 0.3 is 5.97 Å². The Kier molecular flexibility index (Phi) is 7.33. The van der Waals surface area contributed by atoms with E-state index in [0.717, 1.165) is 52.0 Å². The highest BCUT2D eigenvalue weighted by Crippen LogP contribution is 2.27. The Bertz CT molecular complexity index is 892. The molecule has 1 aromatic carbocycles. The number of allylic oxidation sites excluding steroid dienone is 2. The number of hydrogen-bond donors (Lipinski definition) is 0. The molecule has 0 saturated carbocycles. The average molecular weight is 446 g/mol. The number of nitrogens with zero attached hydrogens (tertiary/aromatic N) is 1. The van der Waals surface area contributed by atoms with Crippen molar-refractivity contribution < 1.29 is 9.53 Å². The summed E-state index contributed by atoms with van der Waals surface area (Å²) in [5.74, 6) is 0.293. The molecule has 0 aromatic heterocycles. The van der Waals surface area contributed by atoms with Gasteiger partial charge in [-0.3, -0.25) is 0 Å². The maximum absolute atomic E-state index is 12.3. The first-order chi connectivity index (χ1) is 13.0. The SMILES string of the molecule is C=C(C)N(C=c1cc(Br)c(C)cc1=C)CC1CC=C(C(=O)OC(C)(C)C)CC1. The zero-order valence-electron chi connectivity index (χ0n) is 17.8. The Balaban J connectivity index is 2.12. The molecule has 0 bridgehead atoms. The van der Waals surface area contributed by atoms with E-state index in [1.165, 1.54) is 5.56 Å². The summed E-state index contributed by atoms with van der Waals surface area (Å²) in [6.45, 7) is 19.0. The highest BCUT2D eigenvalue weighted by molar-refractivity contribution is 9.10. The molecule has 0 radical (unpaired) electrons. The number of carbonyl (C=O) groups is 1. The molecule has 4 heteroatoms. The smallest absolute Gasteiger partial charge is 0.334 e. The van der Waals surface area contributed by atoms with Crippen molar-refractivity contribution in [3.63, 3.8) is 0 Å². The average Bonchev–Trinajstić information content (AvgIpc) is 2.57. The molecule has 1 aliphatic rings. The molecule has 0 N–H and O–H groups in total. The van der Waals surface area contributed by atoms with Crippen LogP contribution in [0.25, 0.3) is 12.8 Å². The fourth-order valence-electron chi connectivity index (χ4n) is 3.22. The largest absolute Gasteiger partial charge is 0.457 e. The zero-order chi connectivity index (χ0) is 21.1. The summed E-state index contributed by atoms with van der Waals surface area (Å²) in [6, 6.07) is 4.19. The second-order valence-electron chi connectivity index (χ2n) is 8.69. The lowest BCUT2D eigenvalue weighted by Gasteiger charge is -2.29. The zero-order valence-corrected chi connectivity index (χ0v) is 19.4. The lowest BCUT2D eigenvalue weighted by Crippen LogP contribution is -2.31. The van der Waals surface area contributed by atoms with Gasteiger partial charge in [0, 0.05) is 28.5 Å². The second kappa shape index (κ2) is 9.13. The Morgan fingerprint density at radius 3 is 2.61 bits per heavy atom. The van der Waals surface area contributed by atoms with Crippen molar-refractivity contribution in [3.8, 4) is 0 Å². The van der Waals surface area contributed by atoms with Crippen molar-refractivity contribution in [3.05, 3.63) is 56.5 Å². The monoisotopic (exact) mass is 445 g/mol. The molecule has 0 heterocycles. The fraction of sp³-hybridized carbons (Fsp3) is 0.458. The quantitative estimate of drug-likeness (QED) is 0.608. The van der Waals surface area contributed by atoms with Crippen LogP contribution < -0.4 is 10.4 Å². The number of benzene rings is 1. The van der Waals surface area contributed by atoms with Crippen LogP contribution in [0, 0.1) is 12.8 Å². The van der Waals surface area contributed by atoms with Gasteiger partial charge in [0.05, 0.1) is 0 Å². The number of esters is 1. The maximum atomic E-state index is 12.3. The summed E-state index contributed by atoms with van der Waals surface area (Å²) in [7, 11) is 0. The Morgan fingerprint density at radius 2 is 2.07 bits per heavy atom. The predicted octanol–water partition coefficient (Wildman–Crippen LogP) is 4.81. The van der Waals surface area contributed by atoms with Crippen LogP contribution >= 0.6 is 15.9 Å². The van der Waals surface area contributed by atoms with E-state index in [0.29, 0.717) is 5.92 Å². The summed E-state index contributed by atoms with van der Waals surface area (Å²) in [5.41, 5.74) is 2.53. The minimum Gasteiger partial charge on any atom is -0.457 e. The molecule has 2 rings (SSSR count). The molecule has 1 atom stereocenters. The standard InChI is InChI=1S/C24H32BrNO2/c1-16(2)26(15-21-13-22(25)18(4)12-17(21)3)14-19-8-10-20(11-9-19)23(27)28-24(5,6)7/h10,12-13,15,19H,1,3,8-9,11,14H2,2,4-7H3. The normalized spacial score (nSPS) is 17.9. The third-order valence-corrected chi connectivity index (χ3v) is 5.70. The van der Waals surface area contributed by atoms with Crippen LogP contribution in [0.3, 0.4) is 0 Å². The molecule has 0 spiro atoms. The number of carbonyl (C=O) groups excluding carboxylic acids is 1. The molecule has 0 fully saturated rings. The lowest BCUT2D eigenvalue weighted by atomic mass is 9.89. The van der Waals surface area contributed by atoms with Crippen molar-refractivity contribution in [2.45, 2.75) is 59.5 Å². The number of halogens is 1. The molecule has 1 aliphatic carbocycles. The first-order valence-corrected chi connectivity index (χ1v) is 10.6. The van der Waals surface area contributed by atoms with Crippen molar-refractivity contribution in [2.24, 2.45) is 5.92 Å². The van der Waals surface area contributed by atoms with Crippen LogP contribution in [-0.2, 0) is 9.53 Å². The second-order valence-corrected chi connectivity index (χ2v) is 9.54. The van der Waals surface area contributed by atoms with Gasteiger partial charge in [-0.15, -0.1) is 0 Å². The van der Waals surface area contributed by atoms with Gasteiger partial charge < -0.3 is 9.64 Å². The molecule has 0 aliphatic heterocycles. The van der Waals surface area contributed by atoms with Crippen molar-refractivity contribution in [1.82, 2.24) is 4.90 Å². The van der Waals surface area contributed by atoms with Crippen LogP contribution in [0.4, 0.5) is 0 Å². The van der Waals surface area contributed by atoms with Gasteiger partial charge in [0.25, 0.3) is 0 Å². The van der Waals surface area contributed by atoms with Crippen molar-refractivity contribution >= 4 is 34.7 Å². The van der Waals surface area contributed by atoms with Gasteiger partial charge in [0.15, 0.2) is 0 Å². The summed E-state index contributed by atoms with van der Waals surface area (Å²) in [4.78, 5) is 14.5. The van der Waals surface area contributed by atoms with Crippen LogP contribution in [-0.4, -0.2) is 23.0 Å². The molecule has 0 saturated heterocycles. The van der Waals surface area contributed by atoms with Crippen molar-refractivity contribution in [1.29, 1.82) is 0 Å².